The number of benzene rings is 1. The molecular weight excluding hydrogens is 422 g/mol. The first-order valence-electron chi connectivity index (χ1n) is 10.8. The minimum absolute atomic E-state index is 0.0634. The Hall–Kier alpha value is -3.75. The van der Waals surface area contributed by atoms with E-state index in [1.54, 1.807) is 39.7 Å². The first-order valence-corrected chi connectivity index (χ1v) is 10.8. The maximum Gasteiger partial charge on any atom is 0.254 e. The number of pyridine rings is 1. The van der Waals surface area contributed by atoms with Crippen LogP contribution in [-0.4, -0.2) is 73.1 Å². The number of methoxy groups -OCH3 is 3. The molecule has 174 valence electrons. The van der Waals surface area contributed by atoms with Crippen LogP contribution in [0.15, 0.2) is 36.5 Å². The monoisotopic (exact) mass is 451 g/mol. The number of ether oxygens (including phenoxy) is 3. The maximum atomic E-state index is 13.2. The molecule has 1 aliphatic heterocycles. The summed E-state index contributed by atoms with van der Waals surface area (Å²) in [5, 5.41) is 4.70. The second-order valence-corrected chi connectivity index (χ2v) is 7.81. The fourth-order valence-electron chi connectivity index (χ4n) is 4.31. The summed E-state index contributed by atoms with van der Waals surface area (Å²) in [6, 6.07) is 9.17. The van der Waals surface area contributed by atoms with Gasteiger partial charge in [-0.3, -0.25) is 4.79 Å². The van der Waals surface area contributed by atoms with E-state index in [0.717, 1.165) is 22.9 Å². The summed E-state index contributed by atoms with van der Waals surface area (Å²) in [6.45, 7) is 6.69. The molecule has 1 fully saturated rings. The Labute approximate surface area is 193 Å². The van der Waals surface area contributed by atoms with E-state index < -0.39 is 0 Å². The normalized spacial score (nSPS) is 13.7. The maximum absolute atomic E-state index is 13.2. The second-order valence-electron chi connectivity index (χ2n) is 7.81. The summed E-state index contributed by atoms with van der Waals surface area (Å²) in [5.74, 6) is 2.13. The van der Waals surface area contributed by atoms with E-state index in [4.69, 9.17) is 19.3 Å². The summed E-state index contributed by atoms with van der Waals surface area (Å²) in [6.07, 6.45) is 1.76. The van der Waals surface area contributed by atoms with Gasteiger partial charge in [0.25, 0.3) is 5.91 Å². The van der Waals surface area contributed by atoms with E-state index in [0.29, 0.717) is 49.0 Å². The molecular formula is C24H29N5O4. The number of piperazine rings is 1. The van der Waals surface area contributed by atoms with Crippen molar-refractivity contribution in [2.24, 2.45) is 0 Å². The Kier molecular flexibility index (Phi) is 6.39. The lowest BCUT2D eigenvalue weighted by Crippen LogP contribution is -2.49. The molecule has 1 amide bonds. The standard InChI is InChI=1S/C24H29N5O4/c1-16-22(17(2)29(26-16)21-8-6-7-9-25-21)27-10-12-28(13-11-27)24(30)18-14-19(31-3)23(33-5)20(15-18)32-4/h6-9,14-15H,10-13H2,1-5H3. The van der Waals surface area contributed by atoms with Crippen molar-refractivity contribution in [1.82, 2.24) is 19.7 Å². The van der Waals surface area contributed by atoms with Gasteiger partial charge in [-0.1, -0.05) is 6.07 Å². The van der Waals surface area contributed by atoms with Crippen LogP contribution in [0.1, 0.15) is 21.7 Å². The minimum atomic E-state index is -0.0634. The molecule has 0 radical (unpaired) electrons. The first kappa shape index (κ1) is 22.4. The van der Waals surface area contributed by atoms with Gasteiger partial charge in [0.1, 0.15) is 0 Å². The summed E-state index contributed by atoms with van der Waals surface area (Å²) in [5.41, 5.74) is 3.59. The molecule has 0 unspecified atom stereocenters. The number of amides is 1. The topological polar surface area (TPSA) is 82.0 Å². The van der Waals surface area contributed by atoms with Crippen molar-refractivity contribution in [3.8, 4) is 23.1 Å². The van der Waals surface area contributed by atoms with Crippen LogP contribution in [0.3, 0.4) is 0 Å². The molecule has 1 aromatic carbocycles. The van der Waals surface area contributed by atoms with Gasteiger partial charge in [0.05, 0.1) is 38.4 Å². The summed E-state index contributed by atoms with van der Waals surface area (Å²) < 4.78 is 18.0. The average molecular weight is 452 g/mol. The highest BCUT2D eigenvalue weighted by atomic mass is 16.5. The van der Waals surface area contributed by atoms with Crippen LogP contribution in [0, 0.1) is 13.8 Å². The van der Waals surface area contributed by atoms with E-state index in [1.807, 2.05) is 34.7 Å². The van der Waals surface area contributed by atoms with Crippen molar-refractivity contribution in [3.05, 3.63) is 53.5 Å². The molecule has 0 bridgehead atoms. The highest BCUT2D eigenvalue weighted by molar-refractivity contribution is 5.96. The SMILES string of the molecule is COc1cc(C(=O)N2CCN(c3c(C)nn(-c4ccccn4)c3C)CC2)cc(OC)c1OC. The molecule has 9 nitrogen and oxygen atoms in total. The van der Waals surface area contributed by atoms with Crippen molar-refractivity contribution in [1.29, 1.82) is 0 Å². The number of carbonyl (C=O) groups is 1. The molecule has 0 atom stereocenters. The van der Waals surface area contributed by atoms with Crippen molar-refractivity contribution in [2.75, 3.05) is 52.4 Å². The third-order valence-electron chi connectivity index (χ3n) is 5.91. The molecule has 0 N–H and O–H groups in total. The van der Waals surface area contributed by atoms with Crippen LogP contribution in [0.5, 0.6) is 17.2 Å². The zero-order valence-electron chi connectivity index (χ0n) is 19.7. The number of anilines is 1. The minimum Gasteiger partial charge on any atom is -0.493 e. The quantitative estimate of drug-likeness (QED) is 0.570. The zero-order valence-corrected chi connectivity index (χ0v) is 19.7. The van der Waals surface area contributed by atoms with Gasteiger partial charge in [0.2, 0.25) is 5.75 Å². The molecule has 0 spiro atoms. The smallest absolute Gasteiger partial charge is 0.254 e. The van der Waals surface area contributed by atoms with Crippen molar-refractivity contribution in [2.45, 2.75) is 13.8 Å². The molecule has 9 heteroatoms. The Balaban J connectivity index is 1.51. The summed E-state index contributed by atoms with van der Waals surface area (Å²) in [4.78, 5) is 21.8. The Morgan fingerprint density at radius 3 is 2.15 bits per heavy atom. The van der Waals surface area contributed by atoms with Gasteiger partial charge in [0.15, 0.2) is 17.3 Å². The Bertz CT molecular complexity index is 1110. The predicted octanol–water partition coefficient (Wildman–Crippen LogP) is 2.87. The highest BCUT2D eigenvalue weighted by Gasteiger charge is 2.27. The molecule has 3 heterocycles. The number of aromatic nitrogens is 3. The Morgan fingerprint density at radius 1 is 0.939 bits per heavy atom. The third-order valence-corrected chi connectivity index (χ3v) is 5.91. The molecule has 1 saturated heterocycles. The lowest BCUT2D eigenvalue weighted by atomic mass is 10.1. The lowest BCUT2D eigenvalue weighted by Gasteiger charge is -2.36. The number of hydrogen-bond acceptors (Lipinski definition) is 7. The van der Waals surface area contributed by atoms with E-state index >= 15 is 0 Å². The fourth-order valence-corrected chi connectivity index (χ4v) is 4.31. The lowest BCUT2D eigenvalue weighted by molar-refractivity contribution is 0.0746. The van der Waals surface area contributed by atoms with E-state index in [1.165, 1.54) is 0 Å². The Morgan fingerprint density at radius 2 is 1.61 bits per heavy atom. The van der Waals surface area contributed by atoms with Crippen LogP contribution >= 0.6 is 0 Å². The van der Waals surface area contributed by atoms with Gasteiger partial charge >= 0.3 is 0 Å². The van der Waals surface area contributed by atoms with E-state index in [9.17, 15) is 4.79 Å². The van der Waals surface area contributed by atoms with Crippen molar-refractivity contribution < 1.29 is 19.0 Å². The van der Waals surface area contributed by atoms with Crippen molar-refractivity contribution >= 4 is 11.6 Å². The fraction of sp³-hybridized carbons (Fsp3) is 0.375. The van der Waals surface area contributed by atoms with Gasteiger partial charge in [0, 0.05) is 37.9 Å². The first-order chi connectivity index (χ1) is 16.0. The van der Waals surface area contributed by atoms with Gasteiger partial charge < -0.3 is 24.0 Å². The van der Waals surface area contributed by atoms with Gasteiger partial charge in [-0.05, 0) is 38.1 Å². The van der Waals surface area contributed by atoms with Crippen LogP contribution in [0.2, 0.25) is 0 Å². The largest absolute Gasteiger partial charge is 0.493 e. The summed E-state index contributed by atoms with van der Waals surface area (Å²) in [7, 11) is 4.63. The molecule has 3 aromatic rings. The van der Waals surface area contributed by atoms with Crippen LogP contribution in [-0.2, 0) is 0 Å². The van der Waals surface area contributed by atoms with Crippen LogP contribution in [0.25, 0.3) is 5.82 Å². The number of carbonyl (C=O) groups excluding carboxylic acids is 1. The van der Waals surface area contributed by atoms with Crippen LogP contribution in [0.4, 0.5) is 5.69 Å². The summed E-state index contributed by atoms with van der Waals surface area (Å²) >= 11 is 0. The zero-order chi connectivity index (χ0) is 23.5. The third kappa shape index (κ3) is 4.18. The molecule has 2 aromatic heterocycles. The van der Waals surface area contributed by atoms with Gasteiger partial charge in [-0.2, -0.15) is 5.10 Å². The van der Waals surface area contributed by atoms with Crippen molar-refractivity contribution in [3.63, 3.8) is 0 Å². The molecule has 1 aliphatic rings. The van der Waals surface area contributed by atoms with E-state index in [2.05, 4.69) is 16.8 Å². The predicted molar refractivity (Wildman–Crippen MR) is 125 cm³/mol. The molecule has 0 saturated carbocycles. The van der Waals surface area contributed by atoms with Crippen LogP contribution < -0.4 is 19.1 Å². The number of rotatable bonds is 6. The number of aryl methyl sites for hydroxylation is 1. The highest BCUT2D eigenvalue weighted by Crippen LogP contribution is 2.38. The molecule has 4 rings (SSSR count). The van der Waals surface area contributed by atoms with E-state index in [-0.39, 0.29) is 5.91 Å². The number of nitrogens with zero attached hydrogens (tertiary/aromatic N) is 5. The van der Waals surface area contributed by atoms with Gasteiger partial charge in [-0.25, -0.2) is 9.67 Å². The molecule has 33 heavy (non-hydrogen) atoms. The van der Waals surface area contributed by atoms with Gasteiger partial charge in [-0.15, -0.1) is 0 Å². The number of hydrogen-bond donors (Lipinski definition) is 0. The second kappa shape index (κ2) is 9.40. The average Bonchev–Trinajstić information content (AvgIpc) is 3.16. The molecule has 0 aliphatic carbocycles.